The summed E-state index contributed by atoms with van der Waals surface area (Å²) in [5.41, 5.74) is -0.124. The number of carboxylic acid groups (broad SMARTS) is 1. The second kappa shape index (κ2) is 10.8. The van der Waals surface area contributed by atoms with Gasteiger partial charge < -0.3 is 9.84 Å². The third kappa shape index (κ3) is 6.05. The molecule has 3 aromatic carbocycles. The van der Waals surface area contributed by atoms with E-state index in [2.05, 4.69) is 0 Å². The highest BCUT2D eigenvalue weighted by molar-refractivity contribution is 7.92. The highest BCUT2D eigenvalue weighted by Crippen LogP contribution is 2.40. The molecule has 6 nitrogen and oxygen atoms in total. The van der Waals surface area contributed by atoms with Gasteiger partial charge in [-0.3, -0.25) is 9.10 Å². The smallest absolute Gasteiger partial charge is 0.416 e. The first-order valence-corrected chi connectivity index (χ1v) is 13.3. The lowest BCUT2D eigenvalue weighted by Crippen LogP contribution is -2.43. The van der Waals surface area contributed by atoms with E-state index in [9.17, 15) is 30.8 Å². The molecule has 0 bridgehead atoms. The van der Waals surface area contributed by atoms with E-state index in [1.54, 1.807) is 12.1 Å². The van der Waals surface area contributed by atoms with E-state index in [1.165, 1.54) is 24.3 Å². The van der Waals surface area contributed by atoms with Crippen LogP contribution in [0.3, 0.4) is 0 Å². The molecule has 1 atom stereocenters. The average Bonchev–Trinajstić information content (AvgIpc) is 2.86. The van der Waals surface area contributed by atoms with Gasteiger partial charge in [-0.2, -0.15) is 13.2 Å². The summed E-state index contributed by atoms with van der Waals surface area (Å²) < 4.78 is 88.1. The van der Waals surface area contributed by atoms with Gasteiger partial charge in [-0.25, -0.2) is 12.8 Å². The van der Waals surface area contributed by atoms with Crippen LogP contribution in [0, 0.1) is 5.82 Å². The van der Waals surface area contributed by atoms with Gasteiger partial charge in [0, 0.05) is 17.0 Å². The number of sulfonamides is 1. The van der Waals surface area contributed by atoms with Crippen LogP contribution < -0.4 is 9.04 Å². The fourth-order valence-corrected chi connectivity index (χ4v) is 5.98. The van der Waals surface area contributed by atoms with Gasteiger partial charge >= 0.3 is 12.1 Å². The van der Waals surface area contributed by atoms with Crippen molar-refractivity contribution in [2.24, 2.45) is 0 Å². The van der Waals surface area contributed by atoms with Crippen LogP contribution in [-0.4, -0.2) is 32.1 Å². The Bertz CT molecular complexity index is 1440. The monoisotopic (exact) mass is 571 g/mol. The SMILES string of the molecule is O=C(O)CC[C@H]1CN(S(=O)(=O)c2cccc(C(F)(F)F)c2)c2cc(CCc3c(F)cccc3Cl)ccc2O1. The Balaban J connectivity index is 1.71. The molecule has 0 aliphatic carbocycles. The Labute approximate surface area is 221 Å². The molecule has 0 saturated carbocycles. The number of halogens is 5. The lowest BCUT2D eigenvalue weighted by molar-refractivity contribution is -0.138. The first-order chi connectivity index (χ1) is 17.9. The number of aliphatic carboxylic acids is 1. The number of fused-ring (bicyclic) bond motifs is 1. The van der Waals surface area contributed by atoms with Gasteiger partial charge in [0.05, 0.1) is 22.7 Å². The van der Waals surface area contributed by atoms with Gasteiger partial charge in [0.15, 0.2) is 0 Å². The number of benzene rings is 3. The summed E-state index contributed by atoms with van der Waals surface area (Å²) in [5, 5.41) is 9.30. The second-order valence-electron chi connectivity index (χ2n) is 8.74. The molecule has 38 heavy (non-hydrogen) atoms. The van der Waals surface area contributed by atoms with Crippen molar-refractivity contribution in [2.75, 3.05) is 10.8 Å². The molecule has 0 radical (unpaired) electrons. The van der Waals surface area contributed by atoms with Gasteiger partial charge in [-0.15, -0.1) is 0 Å². The maximum absolute atomic E-state index is 14.2. The Morgan fingerprint density at radius 3 is 2.50 bits per heavy atom. The van der Waals surface area contributed by atoms with E-state index in [-0.39, 0.29) is 48.7 Å². The zero-order valence-electron chi connectivity index (χ0n) is 19.7. The first kappa shape index (κ1) is 27.7. The minimum absolute atomic E-state index is 0.0169. The van der Waals surface area contributed by atoms with Crippen molar-refractivity contribution in [3.05, 3.63) is 88.2 Å². The molecule has 1 aliphatic heterocycles. The third-order valence-corrected chi connectivity index (χ3v) is 8.24. The lowest BCUT2D eigenvalue weighted by atomic mass is 10.0. The Kier molecular flexibility index (Phi) is 7.89. The van der Waals surface area contributed by atoms with Crippen LogP contribution in [0.5, 0.6) is 5.75 Å². The normalized spacial score (nSPS) is 15.6. The number of aryl methyl sites for hydroxylation is 1. The number of ether oxygens (including phenoxy) is 1. The van der Waals surface area contributed by atoms with E-state index in [4.69, 9.17) is 21.4 Å². The second-order valence-corrected chi connectivity index (χ2v) is 11.0. The fourth-order valence-electron chi connectivity index (χ4n) is 4.18. The van der Waals surface area contributed by atoms with Crippen LogP contribution in [0.2, 0.25) is 5.02 Å². The Morgan fingerprint density at radius 1 is 1.08 bits per heavy atom. The maximum Gasteiger partial charge on any atom is 0.416 e. The topological polar surface area (TPSA) is 83.9 Å². The molecule has 4 rings (SSSR count). The molecule has 0 fully saturated rings. The summed E-state index contributed by atoms with van der Waals surface area (Å²) in [6.07, 6.45) is -5.40. The van der Waals surface area contributed by atoms with Crippen molar-refractivity contribution in [2.45, 2.75) is 42.9 Å². The largest absolute Gasteiger partial charge is 0.486 e. The molecular formula is C26H22ClF4NO5S. The summed E-state index contributed by atoms with van der Waals surface area (Å²) in [6.45, 7) is -0.304. The molecule has 1 heterocycles. The van der Waals surface area contributed by atoms with E-state index in [0.29, 0.717) is 17.2 Å². The van der Waals surface area contributed by atoms with Crippen molar-refractivity contribution in [3.8, 4) is 5.75 Å². The van der Waals surface area contributed by atoms with Gasteiger partial charge in [0.1, 0.15) is 17.7 Å². The predicted octanol–water partition coefficient (Wildman–Crippen LogP) is 6.10. The highest BCUT2D eigenvalue weighted by atomic mass is 35.5. The van der Waals surface area contributed by atoms with Crippen molar-refractivity contribution in [1.29, 1.82) is 0 Å². The van der Waals surface area contributed by atoms with Crippen molar-refractivity contribution >= 4 is 33.3 Å². The van der Waals surface area contributed by atoms with E-state index in [1.807, 2.05) is 0 Å². The average molecular weight is 572 g/mol. The van der Waals surface area contributed by atoms with E-state index < -0.39 is 44.5 Å². The Hall–Kier alpha value is -3.31. The summed E-state index contributed by atoms with van der Waals surface area (Å²) in [6, 6.07) is 12.4. The quantitative estimate of drug-likeness (QED) is 0.330. The van der Waals surface area contributed by atoms with Crippen LogP contribution in [0.15, 0.2) is 65.6 Å². The first-order valence-electron chi connectivity index (χ1n) is 11.5. The van der Waals surface area contributed by atoms with Crippen LogP contribution >= 0.6 is 11.6 Å². The van der Waals surface area contributed by atoms with E-state index in [0.717, 1.165) is 22.5 Å². The number of alkyl halides is 3. The molecule has 3 aromatic rings. The molecular weight excluding hydrogens is 550 g/mol. The van der Waals surface area contributed by atoms with Crippen LogP contribution in [-0.2, 0) is 33.8 Å². The summed E-state index contributed by atoms with van der Waals surface area (Å²) >= 11 is 6.11. The van der Waals surface area contributed by atoms with E-state index >= 15 is 0 Å². The minimum Gasteiger partial charge on any atom is -0.486 e. The molecule has 0 amide bonds. The predicted molar refractivity (Wildman–Crippen MR) is 133 cm³/mol. The maximum atomic E-state index is 14.2. The minimum atomic E-state index is -4.75. The highest BCUT2D eigenvalue weighted by Gasteiger charge is 2.37. The molecule has 202 valence electrons. The number of hydrogen-bond donors (Lipinski definition) is 1. The molecule has 0 spiro atoms. The van der Waals surface area contributed by atoms with Crippen molar-refractivity contribution in [1.82, 2.24) is 0 Å². The molecule has 1 N–H and O–H groups in total. The van der Waals surface area contributed by atoms with Gasteiger partial charge in [-0.1, -0.05) is 29.8 Å². The lowest BCUT2D eigenvalue weighted by Gasteiger charge is -2.36. The zero-order chi connectivity index (χ0) is 27.7. The summed E-state index contributed by atoms with van der Waals surface area (Å²) in [5.74, 6) is -1.45. The zero-order valence-corrected chi connectivity index (χ0v) is 21.3. The third-order valence-electron chi connectivity index (χ3n) is 6.11. The number of anilines is 1. The number of rotatable bonds is 8. The standard InChI is InChI=1S/C26H22ClF4NO5S/c27-21-5-2-6-22(28)20(21)10-7-16-8-11-24-23(13-16)32(15-18(37-24)9-12-25(33)34)38(35,36)19-4-1-3-17(14-19)26(29,30)31/h1-6,8,11,13-14,18H,7,9-10,12,15H2,(H,33,34)/t18-/m0/s1. The van der Waals surface area contributed by atoms with Gasteiger partial charge in [-0.05, 0) is 67.3 Å². The molecule has 12 heteroatoms. The van der Waals surface area contributed by atoms with Gasteiger partial charge in [0.2, 0.25) is 0 Å². The van der Waals surface area contributed by atoms with Crippen LogP contribution in [0.4, 0.5) is 23.2 Å². The fraction of sp³-hybridized carbons (Fsp3) is 0.269. The van der Waals surface area contributed by atoms with Crippen LogP contribution in [0.25, 0.3) is 0 Å². The number of hydrogen-bond acceptors (Lipinski definition) is 4. The van der Waals surface area contributed by atoms with Gasteiger partial charge in [0.25, 0.3) is 10.0 Å². The van der Waals surface area contributed by atoms with Crippen molar-refractivity contribution in [3.63, 3.8) is 0 Å². The molecule has 1 aliphatic rings. The number of carboxylic acids is 1. The Morgan fingerprint density at radius 2 is 1.82 bits per heavy atom. The molecule has 0 aromatic heterocycles. The van der Waals surface area contributed by atoms with Crippen molar-refractivity contribution < 1.29 is 40.6 Å². The molecule has 0 saturated heterocycles. The number of carbonyl (C=O) groups is 1. The van der Waals surface area contributed by atoms with Crippen LogP contribution in [0.1, 0.15) is 29.5 Å². The summed E-state index contributed by atoms with van der Waals surface area (Å²) in [7, 11) is -4.50. The number of nitrogens with zero attached hydrogens (tertiary/aromatic N) is 1. The molecule has 0 unspecified atom stereocenters. The summed E-state index contributed by atoms with van der Waals surface area (Å²) in [4.78, 5) is 10.5.